The smallest absolute Gasteiger partial charge is 0.408 e. The Balaban J connectivity index is 2.41. The molecule has 0 radical (unpaired) electrons. The Labute approximate surface area is 186 Å². The molecular formula is C19H25AlN2O9. The first-order valence-corrected chi connectivity index (χ1v) is 10.6. The highest BCUT2D eigenvalue weighted by molar-refractivity contribution is 6.32. The average Bonchev–Trinajstić information content (AvgIpc) is 2.69. The van der Waals surface area contributed by atoms with E-state index in [1.807, 2.05) is 17.4 Å². The maximum atomic E-state index is 12.0. The normalized spacial score (nSPS) is 12.3. The molecule has 0 aliphatic rings. The van der Waals surface area contributed by atoms with Crippen LogP contribution in [0.1, 0.15) is 42.5 Å². The van der Waals surface area contributed by atoms with Crippen molar-refractivity contribution >= 4 is 50.6 Å². The maximum absolute atomic E-state index is 12.0. The molecule has 12 heteroatoms. The summed E-state index contributed by atoms with van der Waals surface area (Å²) >= 11 is 0.891. The predicted molar refractivity (Wildman–Crippen MR) is 110 cm³/mol. The van der Waals surface area contributed by atoms with Gasteiger partial charge in [0, 0.05) is 18.5 Å². The number of hydrogen-bond donors (Lipinski definition) is 5. The van der Waals surface area contributed by atoms with Gasteiger partial charge in [-0.2, -0.15) is 0 Å². The highest BCUT2D eigenvalue weighted by Crippen LogP contribution is 2.07. The highest BCUT2D eigenvalue weighted by atomic mass is 27.0. The van der Waals surface area contributed by atoms with Gasteiger partial charge in [-0.15, -0.1) is 4.43 Å². The molecule has 0 bridgehead atoms. The van der Waals surface area contributed by atoms with Gasteiger partial charge in [-0.3, -0.25) is 9.59 Å². The summed E-state index contributed by atoms with van der Waals surface area (Å²) in [5, 5.41) is 31.5. The summed E-state index contributed by atoms with van der Waals surface area (Å²) in [7, 11) is 0. The molecule has 0 fully saturated rings. The molecule has 1 aromatic carbocycles. The van der Waals surface area contributed by atoms with Gasteiger partial charge >= 0.3 is 24.0 Å². The number of benzene rings is 1. The first-order chi connectivity index (χ1) is 14.6. The van der Waals surface area contributed by atoms with E-state index in [9.17, 15) is 29.1 Å². The van der Waals surface area contributed by atoms with Crippen LogP contribution in [0.5, 0.6) is 0 Å². The van der Waals surface area contributed by atoms with Crippen LogP contribution in [0.15, 0.2) is 24.3 Å². The molecular weight excluding hydrogens is 427 g/mol. The van der Waals surface area contributed by atoms with Crippen LogP contribution in [-0.4, -0.2) is 80.2 Å². The molecule has 0 aromatic heterocycles. The molecule has 0 aliphatic heterocycles. The van der Waals surface area contributed by atoms with E-state index in [1.165, 1.54) is 0 Å². The molecule has 2 atom stereocenters. The fraction of sp³-hybridized carbons (Fsp3) is 0.421. The fourth-order valence-corrected chi connectivity index (χ4v) is 2.86. The average molecular weight is 452 g/mol. The zero-order valence-corrected chi connectivity index (χ0v) is 19.0. The number of amides is 2. The zero-order chi connectivity index (χ0) is 23.4. The number of carboxylic acid groups (broad SMARTS) is 3. The third kappa shape index (κ3) is 10.5. The summed E-state index contributed by atoms with van der Waals surface area (Å²) < 4.78 is 5.93. The van der Waals surface area contributed by atoms with E-state index >= 15 is 0 Å². The summed E-state index contributed by atoms with van der Waals surface area (Å²) in [5.74, 6) is -4.34. The van der Waals surface area contributed by atoms with Crippen molar-refractivity contribution in [2.45, 2.75) is 44.2 Å². The maximum Gasteiger partial charge on any atom is 0.408 e. The summed E-state index contributed by atoms with van der Waals surface area (Å²) in [5.41, 5.74) is 0.527. The number of hydrogen-bond acceptors (Lipinski definition) is 6. The second-order valence-corrected chi connectivity index (χ2v) is 7.97. The zero-order valence-electron chi connectivity index (χ0n) is 17.0. The quantitative estimate of drug-likeness (QED) is 0.192. The first kappa shape index (κ1) is 25.9. The van der Waals surface area contributed by atoms with Gasteiger partial charge in [-0.05, 0) is 25.7 Å². The van der Waals surface area contributed by atoms with Crippen molar-refractivity contribution in [1.29, 1.82) is 0 Å². The molecule has 2 amide bonds. The van der Waals surface area contributed by atoms with Crippen molar-refractivity contribution in [2.24, 2.45) is 0 Å². The summed E-state index contributed by atoms with van der Waals surface area (Å²) in [6.07, 6.45) is -2.91. The lowest BCUT2D eigenvalue weighted by atomic mass is 10.1. The monoisotopic (exact) mass is 452 g/mol. The SMILES string of the molecule is O=C(O)CC[C@H](NC(=O)O[C@@H](CCCCNC(=O)c1cc[c]([AlH2])cc1)C(=O)O)C(=O)O. The predicted octanol–water partition coefficient (Wildman–Crippen LogP) is -0.657. The second kappa shape index (κ2) is 13.3. The van der Waals surface area contributed by atoms with E-state index in [0.717, 1.165) is 20.7 Å². The number of unbranched alkanes of at least 4 members (excludes halogenated alkanes) is 1. The minimum absolute atomic E-state index is 0.0410. The molecule has 11 nitrogen and oxygen atoms in total. The number of carboxylic acids is 3. The Morgan fingerprint density at radius 1 is 0.935 bits per heavy atom. The van der Waals surface area contributed by atoms with Gasteiger partial charge in [-0.25, -0.2) is 14.4 Å². The van der Waals surface area contributed by atoms with Crippen molar-refractivity contribution in [3.63, 3.8) is 0 Å². The van der Waals surface area contributed by atoms with Crippen LogP contribution in [0.4, 0.5) is 4.79 Å². The Bertz CT molecular complexity index is 798. The molecule has 168 valence electrons. The molecule has 5 N–H and O–H groups in total. The van der Waals surface area contributed by atoms with Crippen LogP contribution >= 0.6 is 0 Å². The fourth-order valence-electron chi connectivity index (χ4n) is 2.53. The minimum Gasteiger partial charge on any atom is -0.481 e. The molecule has 1 aromatic rings. The van der Waals surface area contributed by atoms with E-state index in [2.05, 4.69) is 5.32 Å². The lowest BCUT2D eigenvalue weighted by Crippen LogP contribution is -2.43. The number of alkyl carbamates (subject to hydrolysis) is 1. The van der Waals surface area contributed by atoms with Crippen molar-refractivity contribution in [3.8, 4) is 0 Å². The lowest BCUT2D eigenvalue weighted by Gasteiger charge is -2.17. The van der Waals surface area contributed by atoms with Crippen LogP contribution < -0.4 is 15.1 Å². The van der Waals surface area contributed by atoms with E-state index < -0.39 is 42.6 Å². The van der Waals surface area contributed by atoms with Crippen LogP contribution in [0.3, 0.4) is 0 Å². The van der Waals surface area contributed by atoms with Gasteiger partial charge in [0.15, 0.2) is 0 Å². The van der Waals surface area contributed by atoms with E-state index in [-0.39, 0.29) is 18.7 Å². The Hall–Kier alpha value is -3.10. The first-order valence-electron chi connectivity index (χ1n) is 9.59. The highest BCUT2D eigenvalue weighted by Gasteiger charge is 2.26. The Kier molecular flexibility index (Phi) is 11.1. The Morgan fingerprint density at radius 3 is 2.13 bits per heavy atom. The number of carbonyl (C=O) groups is 5. The van der Waals surface area contributed by atoms with Crippen molar-refractivity contribution < 1.29 is 44.0 Å². The topological polar surface area (TPSA) is 179 Å². The van der Waals surface area contributed by atoms with Crippen molar-refractivity contribution in [2.75, 3.05) is 6.54 Å². The third-order valence-corrected chi connectivity index (χ3v) is 4.92. The number of carbonyl (C=O) groups excluding carboxylic acids is 2. The molecule has 0 spiro atoms. The largest absolute Gasteiger partial charge is 0.481 e. The molecule has 0 saturated carbocycles. The van der Waals surface area contributed by atoms with E-state index in [1.54, 1.807) is 12.1 Å². The molecule has 1 rings (SSSR count). The third-order valence-electron chi connectivity index (χ3n) is 4.25. The molecule has 0 heterocycles. The van der Waals surface area contributed by atoms with Gasteiger partial charge in [-0.1, -0.05) is 24.3 Å². The number of rotatable bonds is 13. The van der Waals surface area contributed by atoms with Crippen molar-refractivity contribution in [1.82, 2.24) is 10.6 Å². The summed E-state index contributed by atoms with van der Waals surface area (Å²) in [4.78, 5) is 56.7. The molecule has 0 aliphatic carbocycles. The van der Waals surface area contributed by atoms with Gasteiger partial charge in [0.1, 0.15) is 6.04 Å². The Morgan fingerprint density at radius 2 is 1.58 bits per heavy atom. The molecule has 31 heavy (non-hydrogen) atoms. The van der Waals surface area contributed by atoms with Crippen LogP contribution in [-0.2, 0) is 19.1 Å². The standard InChI is InChI=1S/C19H23N2O9.Al.2H/c22-15(23)10-9-13(17(25)26)21-19(29)30-14(18(27)28)8-4-5-11-20-16(24)12-6-2-1-3-7-12;;;/h2-3,6-7,13-14H,4-5,8-11H2,(H,20,24)(H,21,29)(H,22,23)(H,25,26)(H,27,28);;;/t13-,14-;;;/m0.../s1. The van der Waals surface area contributed by atoms with E-state index in [0.29, 0.717) is 24.9 Å². The number of nitrogens with one attached hydrogen (secondary N) is 2. The summed E-state index contributed by atoms with van der Waals surface area (Å²) in [6.45, 7) is 0.302. The van der Waals surface area contributed by atoms with Crippen LogP contribution in [0.25, 0.3) is 0 Å². The van der Waals surface area contributed by atoms with Gasteiger partial charge < -0.3 is 30.7 Å². The van der Waals surface area contributed by atoms with Crippen LogP contribution in [0, 0.1) is 0 Å². The summed E-state index contributed by atoms with van der Waals surface area (Å²) in [6, 6.07) is 5.68. The van der Waals surface area contributed by atoms with Gasteiger partial charge in [0.25, 0.3) is 22.2 Å². The van der Waals surface area contributed by atoms with Crippen LogP contribution in [0.2, 0.25) is 0 Å². The van der Waals surface area contributed by atoms with Crippen molar-refractivity contribution in [3.05, 3.63) is 29.8 Å². The lowest BCUT2D eigenvalue weighted by molar-refractivity contribution is -0.147. The second-order valence-electron chi connectivity index (χ2n) is 6.82. The van der Waals surface area contributed by atoms with Gasteiger partial charge in [0.05, 0.1) is 0 Å². The van der Waals surface area contributed by atoms with E-state index in [4.69, 9.17) is 14.9 Å². The molecule has 0 saturated heterocycles. The molecule has 0 unspecified atom stereocenters. The number of ether oxygens (including phenoxy) is 1. The minimum atomic E-state index is -1.52. The van der Waals surface area contributed by atoms with Gasteiger partial charge in [0.2, 0.25) is 6.10 Å². The number of aliphatic carboxylic acids is 3.